The molecule has 0 unspecified atom stereocenters. The molecule has 0 aliphatic rings. The van der Waals surface area contributed by atoms with E-state index in [-0.39, 0.29) is 68.4 Å². The number of hydrogen-bond donors (Lipinski definition) is 1. The second-order valence-electron chi connectivity index (χ2n) is 25.0. The fourth-order valence-electron chi connectivity index (χ4n) is 9.75. The third kappa shape index (κ3) is 10.4. The maximum atomic E-state index is 12.6. The molecule has 0 saturated carbocycles. The van der Waals surface area contributed by atoms with Crippen molar-refractivity contribution in [1.29, 1.82) is 0 Å². The summed E-state index contributed by atoms with van der Waals surface area (Å²) in [5, 5.41) is 12.6. The fraction of sp³-hybridized carbons (Fsp3) is 0.338. The summed E-state index contributed by atoms with van der Waals surface area (Å²) in [6.45, 7) is 35.9. The number of aryl methyl sites for hydroxylation is 1. The number of phenols is 1. The van der Waals surface area contributed by atoms with E-state index in [1.165, 1.54) is 36.5 Å². The predicted octanol–water partition coefficient (Wildman–Crippen LogP) is 17.0. The van der Waals surface area contributed by atoms with Crippen LogP contribution in [0, 0.1) is 18.4 Å². The molecule has 7 heteroatoms. The third-order valence-electron chi connectivity index (χ3n) is 13.8. The van der Waals surface area contributed by atoms with Gasteiger partial charge in [0.1, 0.15) is 0 Å². The Hall–Kier alpha value is -5.38. The number of rotatable bonds is 7. The normalized spacial score (nSPS) is 12.7. The Balaban J connectivity index is 0.00000693. The van der Waals surface area contributed by atoms with Crippen molar-refractivity contribution in [1.82, 2.24) is 19.5 Å². The Morgan fingerprint density at radius 1 is 0.569 bits per heavy atom. The Bertz CT molecular complexity index is 3470. The Morgan fingerprint density at radius 2 is 1.19 bits per heavy atom. The molecular weight excluding hydrogens is 1130 g/mol. The minimum atomic E-state index is -0.335. The number of benzene rings is 6. The molecule has 72 heavy (non-hydrogen) atoms. The van der Waals surface area contributed by atoms with Crippen LogP contribution in [0.25, 0.3) is 81.4 Å². The Kier molecular flexibility index (Phi) is 14.1. The van der Waals surface area contributed by atoms with Crippen molar-refractivity contribution in [3.8, 4) is 66.3 Å². The first-order valence-electron chi connectivity index (χ1n) is 25.2. The van der Waals surface area contributed by atoms with E-state index in [0.29, 0.717) is 11.4 Å². The van der Waals surface area contributed by atoms with Crippen LogP contribution in [-0.2, 0) is 49.1 Å². The monoisotopic (exact) mass is 1200 g/mol. The number of para-hydroxylation sites is 1. The first-order valence-corrected chi connectivity index (χ1v) is 26.9. The summed E-state index contributed by atoms with van der Waals surface area (Å²) in [6.07, 6.45) is 2.77. The van der Waals surface area contributed by atoms with Crippen molar-refractivity contribution < 1.29 is 26.2 Å². The average molecular weight is 1200 g/mol. The van der Waals surface area contributed by atoms with Gasteiger partial charge in [-0.3, -0.25) is 0 Å². The van der Waals surface area contributed by atoms with Crippen molar-refractivity contribution in [2.75, 3.05) is 0 Å². The van der Waals surface area contributed by atoms with Crippen LogP contribution < -0.4 is 0 Å². The fourth-order valence-corrected chi connectivity index (χ4v) is 12.4. The molecule has 9 aromatic rings. The number of fused-ring (bicyclic) bond motifs is 2. The molecule has 6 aromatic carbocycles. The molecule has 0 fully saturated rings. The average Bonchev–Trinajstić information content (AvgIpc) is 3.85. The topological polar surface area (TPSA) is 63.8 Å². The molecule has 5 nitrogen and oxygen atoms in total. The number of hydrogen-bond acceptors (Lipinski definition) is 4. The van der Waals surface area contributed by atoms with Crippen LogP contribution in [-0.4, -0.2) is 39.1 Å². The van der Waals surface area contributed by atoms with Crippen molar-refractivity contribution >= 4 is 35.3 Å². The number of phenolic OH excluding ortho intramolecular Hbond substituents is 1. The van der Waals surface area contributed by atoms with Crippen LogP contribution in [0.4, 0.5) is 0 Å². The molecule has 0 amide bonds. The van der Waals surface area contributed by atoms with Gasteiger partial charge in [0.05, 0.1) is 0 Å². The van der Waals surface area contributed by atoms with Crippen LogP contribution in [0.15, 0.2) is 122 Å². The number of nitrogens with zero attached hydrogens (tertiary/aromatic N) is 4. The summed E-state index contributed by atoms with van der Waals surface area (Å²) in [4.78, 5) is 15.7. The van der Waals surface area contributed by atoms with Crippen LogP contribution in [0.5, 0.6) is 5.75 Å². The van der Waals surface area contributed by atoms with Crippen LogP contribution in [0.3, 0.4) is 0 Å². The van der Waals surface area contributed by atoms with Gasteiger partial charge in [-0.05, 0) is 21.8 Å². The van der Waals surface area contributed by atoms with Gasteiger partial charge in [-0.25, -0.2) is 0 Å². The maximum Gasteiger partial charge on any atom is 0 e. The summed E-state index contributed by atoms with van der Waals surface area (Å²) in [7, 11) is 0. The molecule has 1 N–H and O–H groups in total. The molecule has 0 atom stereocenters. The number of aromatic hydroxyl groups is 1. The number of imidazole rings is 1. The van der Waals surface area contributed by atoms with Gasteiger partial charge in [0.25, 0.3) is 0 Å². The van der Waals surface area contributed by atoms with Gasteiger partial charge < -0.3 is 0 Å². The SMILES string of the molecule is Cc1c(-c2ccc(CC(C)(C)C)cc2)[se]c2c(-c3[c-]c(-c4cccc5c4nc(-c4cc(C(C)(C)C)cc(C(C)(C)C)c4O)n5-c4ccc(C(C)(C)C)cc4-c4ccccc4)cc(C(C)(C)C)c3)ncnc12.[Pt]. The Labute approximate surface area is 449 Å². The zero-order chi connectivity index (χ0) is 51.2. The summed E-state index contributed by atoms with van der Waals surface area (Å²) < 4.78 is 4.84. The van der Waals surface area contributed by atoms with Crippen LogP contribution >= 0.6 is 0 Å². The van der Waals surface area contributed by atoms with Crippen LogP contribution in [0.1, 0.15) is 137 Å². The third-order valence-corrected chi connectivity index (χ3v) is 16.6. The van der Waals surface area contributed by atoms with E-state index >= 15 is 0 Å². The summed E-state index contributed by atoms with van der Waals surface area (Å²) >= 11 is -0.0184. The van der Waals surface area contributed by atoms with Gasteiger partial charge in [0, 0.05) is 21.1 Å². The zero-order valence-electron chi connectivity index (χ0n) is 45.2. The van der Waals surface area contributed by atoms with Crippen molar-refractivity contribution in [2.24, 2.45) is 5.41 Å². The van der Waals surface area contributed by atoms with Crippen molar-refractivity contribution in [3.05, 3.63) is 161 Å². The molecule has 3 heterocycles. The largest absolute Gasteiger partial charge is 0 e. The summed E-state index contributed by atoms with van der Waals surface area (Å²) in [5.74, 6) is 0.939. The molecule has 0 radical (unpaired) electrons. The van der Waals surface area contributed by atoms with E-state index < -0.39 is 0 Å². The van der Waals surface area contributed by atoms with Gasteiger partial charge >= 0.3 is 311 Å². The van der Waals surface area contributed by atoms with Crippen molar-refractivity contribution in [2.45, 2.75) is 139 Å². The minimum absolute atomic E-state index is 0. The molecule has 3 aromatic heterocycles. The molecule has 374 valence electrons. The van der Waals surface area contributed by atoms with E-state index in [9.17, 15) is 5.11 Å². The Morgan fingerprint density at radius 3 is 1.82 bits per heavy atom. The molecule has 0 bridgehead atoms. The first-order chi connectivity index (χ1) is 33.2. The van der Waals surface area contributed by atoms with Gasteiger partial charge in [0.2, 0.25) is 0 Å². The maximum absolute atomic E-state index is 12.6. The van der Waals surface area contributed by atoms with Crippen molar-refractivity contribution in [3.63, 3.8) is 0 Å². The molecule has 0 saturated heterocycles. The second kappa shape index (κ2) is 19.1. The predicted molar refractivity (Wildman–Crippen MR) is 301 cm³/mol. The molecule has 0 aliphatic heterocycles. The van der Waals surface area contributed by atoms with Gasteiger partial charge in [-0.15, -0.1) is 0 Å². The van der Waals surface area contributed by atoms with E-state index in [0.717, 1.165) is 73.3 Å². The van der Waals surface area contributed by atoms with E-state index in [1.54, 1.807) is 6.33 Å². The van der Waals surface area contributed by atoms with E-state index in [1.807, 2.05) is 0 Å². The second-order valence-corrected chi connectivity index (χ2v) is 27.2. The van der Waals surface area contributed by atoms with E-state index in [4.69, 9.17) is 15.0 Å². The molecule has 0 spiro atoms. The zero-order valence-corrected chi connectivity index (χ0v) is 49.2. The number of aromatic nitrogens is 4. The smallest absolute Gasteiger partial charge is 0 e. The molecule has 0 aliphatic carbocycles. The standard InChI is InChI=1S/C65H71N4OSe.Pt/c1-39-54-59(71-58(39)42-27-25-40(26-28-42)37-61(2,3)4)55(67-38-66-54)44-31-43(32-46(33-44)63(8,9)10)48-23-20-24-53-56(48)68-60(50-35-47(64(11,12)13)36-51(57(50)70)65(14,15)16)69(53)52-30-29-45(62(5,6)7)34-49(52)41-21-18-17-19-22-41;/h17-30,32-36,38,70H,37H2,1-16H3;/q-1;. The first kappa shape index (κ1) is 52.9. The summed E-state index contributed by atoms with van der Waals surface area (Å²) in [6, 6.07) is 46.1. The van der Waals surface area contributed by atoms with Gasteiger partial charge in [-0.2, -0.15) is 0 Å². The minimum Gasteiger partial charge on any atom is 0 e. The van der Waals surface area contributed by atoms with E-state index in [2.05, 4.69) is 237 Å². The summed E-state index contributed by atoms with van der Waals surface area (Å²) in [5.41, 5.74) is 18.2. The van der Waals surface area contributed by atoms with Gasteiger partial charge in [-0.1, -0.05) is 98.7 Å². The van der Waals surface area contributed by atoms with Crippen LogP contribution in [0.2, 0.25) is 0 Å². The molecular formula is C65H71N4OPtSe-. The molecule has 9 rings (SSSR count). The van der Waals surface area contributed by atoms with Gasteiger partial charge in [0.15, 0.2) is 0 Å². The quantitative estimate of drug-likeness (QED) is 0.128.